The van der Waals surface area contributed by atoms with Gasteiger partial charge in [0.25, 0.3) is 0 Å². The van der Waals surface area contributed by atoms with Crippen molar-refractivity contribution < 1.29 is 4.79 Å². The van der Waals surface area contributed by atoms with Crippen LogP contribution < -0.4 is 5.32 Å². The van der Waals surface area contributed by atoms with Crippen LogP contribution >= 0.6 is 0 Å². The Balaban J connectivity index is 1.88. The first-order valence-corrected chi connectivity index (χ1v) is 7.12. The Morgan fingerprint density at radius 3 is 2.30 bits per heavy atom. The van der Waals surface area contributed by atoms with E-state index in [4.69, 9.17) is 0 Å². The van der Waals surface area contributed by atoms with Crippen molar-refractivity contribution >= 4 is 5.78 Å². The Hall–Kier alpha value is -1.93. The van der Waals surface area contributed by atoms with Gasteiger partial charge in [0.05, 0.1) is 0 Å². The Labute approximate surface area is 119 Å². The summed E-state index contributed by atoms with van der Waals surface area (Å²) in [6.45, 7) is 6.09. The molecule has 0 radical (unpaired) electrons. The quantitative estimate of drug-likeness (QED) is 0.858. The summed E-state index contributed by atoms with van der Waals surface area (Å²) in [5.74, 6) is 0.597. The molecule has 0 aromatic heterocycles. The normalized spacial score (nSPS) is 13.6. The first-order chi connectivity index (χ1) is 9.65. The van der Waals surface area contributed by atoms with Crippen molar-refractivity contribution in [3.8, 4) is 0 Å². The van der Waals surface area contributed by atoms with E-state index in [0.717, 1.165) is 24.2 Å². The Morgan fingerprint density at radius 1 is 0.950 bits per heavy atom. The van der Waals surface area contributed by atoms with Gasteiger partial charge in [-0.2, -0.15) is 0 Å². The number of ketones is 1. The summed E-state index contributed by atoms with van der Waals surface area (Å²) in [7, 11) is 0. The molecule has 2 aromatic rings. The number of fused-ring (bicyclic) bond motifs is 1. The van der Waals surface area contributed by atoms with E-state index in [1.54, 1.807) is 0 Å². The van der Waals surface area contributed by atoms with Gasteiger partial charge in [0, 0.05) is 24.2 Å². The van der Waals surface area contributed by atoms with Gasteiger partial charge in [-0.3, -0.25) is 4.79 Å². The maximum Gasteiger partial charge on any atom is 0.193 e. The third-order valence-electron chi connectivity index (χ3n) is 3.94. The van der Waals surface area contributed by atoms with Crippen LogP contribution in [0.2, 0.25) is 0 Å². The number of hydrogen-bond acceptors (Lipinski definition) is 2. The summed E-state index contributed by atoms with van der Waals surface area (Å²) in [5, 5.41) is 3.30. The monoisotopic (exact) mass is 265 g/mol. The first-order valence-electron chi connectivity index (χ1n) is 7.12. The van der Waals surface area contributed by atoms with Crippen LogP contribution in [0.4, 0.5) is 0 Å². The number of carbonyl (C=O) groups is 1. The summed E-state index contributed by atoms with van der Waals surface area (Å²) in [6.07, 6.45) is 0. The number of rotatable bonds is 3. The molecular weight excluding hydrogens is 246 g/mol. The second-order valence-electron chi connectivity index (χ2n) is 5.69. The molecule has 0 amide bonds. The second-order valence-corrected chi connectivity index (χ2v) is 5.69. The van der Waals surface area contributed by atoms with Crippen LogP contribution in [-0.4, -0.2) is 5.78 Å². The van der Waals surface area contributed by atoms with Crippen LogP contribution in [0.1, 0.15) is 52.4 Å². The van der Waals surface area contributed by atoms with Crippen molar-refractivity contribution in [2.75, 3.05) is 0 Å². The highest BCUT2D eigenvalue weighted by atomic mass is 16.1. The average Bonchev–Trinajstić information content (AvgIpc) is 2.94. The summed E-state index contributed by atoms with van der Waals surface area (Å²) in [6, 6.07) is 14.0. The molecule has 1 heterocycles. The van der Waals surface area contributed by atoms with E-state index in [9.17, 15) is 4.79 Å². The minimum atomic E-state index is 0.106. The van der Waals surface area contributed by atoms with Gasteiger partial charge in [-0.15, -0.1) is 0 Å². The maximum absolute atomic E-state index is 12.5. The third-order valence-corrected chi connectivity index (χ3v) is 3.94. The molecule has 0 fully saturated rings. The highest BCUT2D eigenvalue weighted by Gasteiger charge is 2.14. The van der Waals surface area contributed by atoms with E-state index >= 15 is 0 Å². The molecule has 1 N–H and O–H groups in total. The molecule has 2 nitrogen and oxygen atoms in total. The largest absolute Gasteiger partial charge is 0.309 e. The summed E-state index contributed by atoms with van der Waals surface area (Å²) in [5.41, 5.74) is 5.36. The predicted molar refractivity (Wildman–Crippen MR) is 80.9 cm³/mol. The van der Waals surface area contributed by atoms with E-state index in [1.165, 1.54) is 16.7 Å². The molecule has 0 saturated carbocycles. The standard InChI is InChI=1S/C18H19NO/c1-12(2)13-3-5-14(6-4-13)18(20)15-7-8-16-10-19-11-17(16)9-15/h3-9,12,19H,10-11H2,1-2H3. The zero-order valence-corrected chi connectivity index (χ0v) is 11.9. The zero-order valence-electron chi connectivity index (χ0n) is 11.9. The van der Waals surface area contributed by atoms with E-state index in [0.29, 0.717) is 5.92 Å². The van der Waals surface area contributed by atoms with Crippen LogP contribution in [0, 0.1) is 0 Å². The molecule has 0 spiro atoms. The summed E-state index contributed by atoms with van der Waals surface area (Å²) >= 11 is 0. The molecule has 2 aromatic carbocycles. The number of carbonyl (C=O) groups excluding carboxylic acids is 1. The van der Waals surface area contributed by atoms with E-state index in [1.807, 2.05) is 36.4 Å². The molecule has 1 aliphatic heterocycles. The fraction of sp³-hybridized carbons (Fsp3) is 0.278. The van der Waals surface area contributed by atoms with Crippen LogP contribution in [0.3, 0.4) is 0 Å². The van der Waals surface area contributed by atoms with Crippen LogP contribution in [0.25, 0.3) is 0 Å². The van der Waals surface area contributed by atoms with Crippen molar-refractivity contribution in [3.05, 3.63) is 70.3 Å². The third kappa shape index (κ3) is 2.39. The molecule has 102 valence electrons. The lowest BCUT2D eigenvalue weighted by molar-refractivity contribution is 0.103. The Morgan fingerprint density at radius 2 is 1.60 bits per heavy atom. The molecule has 0 bridgehead atoms. The van der Waals surface area contributed by atoms with E-state index in [2.05, 4.69) is 25.2 Å². The molecule has 20 heavy (non-hydrogen) atoms. The highest BCUT2D eigenvalue weighted by Crippen LogP contribution is 2.20. The van der Waals surface area contributed by atoms with Crippen LogP contribution in [0.15, 0.2) is 42.5 Å². The summed E-state index contributed by atoms with van der Waals surface area (Å²) < 4.78 is 0. The van der Waals surface area contributed by atoms with Crippen molar-refractivity contribution in [1.82, 2.24) is 5.32 Å². The molecule has 2 heteroatoms. The fourth-order valence-electron chi connectivity index (χ4n) is 2.62. The van der Waals surface area contributed by atoms with Crippen LogP contribution in [0.5, 0.6) is 0 Å². The van der Waals surface area contributed by atoms with Gasteiger partial charge in [-0.1, -0.05) is 50.2 Å². The minimum Gasteiger partial charge on any atom is -0.309 e. The predicted octanol–water partition coefficient (Wildman–Crippen LogP) is 3.64. The lowest BCUT2D eigenvalue weighted by Crippen LogP contribution is -2.03. The van der Waals surface area contributed by atoms with Crippen molar-refractivity contribution in [1.29, 1.82) is 0 Å². The molecule has 3 rings (SSSR count). The molecular formula is C18H19NO. The summed E-state index contributed by atoms with van der Waals surface area (Å²) in [4.78, 5) is 12.5. The minimum absolute atomic E-state index is 0.106. The highest BCUT2D eigenvalue weighted by molar-refractivity contribution is 6.09. The molecule has 0 aliphatic carbocycles. The first kappa shape index (κ1) is 13.1. The molecule has 0 unspecified atom stereocenters. The maximum atomic E-state index is 12.5. The van der Waals surface area contributed by atoms with Crippen molar-refractivity contribution in [2.24, 2.45) is 0 Å². The smallest absolute Gasteiger partial charge is 0.193 e. The number of nitrogens with one attached hydrogen (secondary N) is 1. The second kappa shape index (κ2) is 5.22. The molecule has 0 atom stereocenters. The van der Waals surface area contributed by atoms with Gasteiger partial charge < -0.3 is 5.32 Å². The van der Waals surface area contributed by atoms with Crippen molar-refractivity contribution in [2.45, 2.75) is 32.9 Å². The van der Waals surface area contributed by atoms with E-state index in [-0.39, 0.29) is 5.78 Å². The average molecular weight is 265 g/mol. The van der Waals surface area contributed by atoms with Gasteiger partial charge in [0.1, 0.15) is 0 Å². The zero-order chi connectivity index (χ0) is 14.1. The molecule has 1 aliphatic rings. The Bertz CT molecular complexity index is 641. The SMILES string of the molecule is CC(C)c1ccc(C(=O)c2ccc3c(c2)CNC3)cc1. The van der Waals surface area contributed by atoms with Crippen LogP contribution in [-0.2, 0) is 13.1 Å². The fourth-order valence-corrected chi connectivity index (χ4v) is 2.62. The van der Waals surface area contributed by atoms with Gasteiger partial charge in [-0.25, -0.2) is 0 Å². The van der Waals surface area contributed by atoms with Gasteiger partial charge >= 0.3 is 0 Å². The van der Waals surface area contributed by atoms with E-state index < -0.39 is 0 Å². The van der Waals surface area contributed by atoms with Gasteiger partial charge in [-0.05, 0) is 28.7 Å². The van der Waals surface area contributed by atoms with Crippen molar-refractivity contribution in [3.63, 3.8) is 0 Å². The lowest BCUT2D eigenvalue weighted by Gasteiger charge is -2.07. The lowest BCUT2D eigenvalue weighted by atomic mass is 9.96. The molecule has 0 saturated heterocycles. The van der Waals surface area contributed by atoms with Gasteiger partial charge in [0.2, 0.25) is 0 Å². The topological polar surface area (TPSA) is 29.1 Å². The van der Waals surface area contributed by atoms with Gasteiger partial charge in [0.15, 0.2) is 5.78 Å². The number of benzene rings is 2. The Kier molecular flexibility index (Phi) is 3.41. The number of hydrogen-bond donors (Lipinski definition) is 1.